The van der Waals surface area contributed by atoms with Crippen LogP contribution in [0.5, 0.6) is 0 Å². The average molecular weight is 573 g/mol. The van der Waals surface area contributed by atoms with E-state index in [-0.39, 0.29) is 30.2 Å². The average Bonchev–Trinajstić information content (AvgIpc) is 2.97. The Morgan fingerprint density at radius 3 is 2.29 bits per heavy atom. The third-order valence-corrected chi connectivity index (χ3v) is 6.92. The molecule has 42 heavy (non-hydrogen) atoms. The van der Waals surface area contributed by atoms with E-state index >= 15 is 0 Å². The van der Waals surface area contributed by atoms with E-state index < -0.39 is 11.7 Å². The molecule has 1 aliphatic heterocycles. The third-order valence-electron chi connectivity index (χ3n) is 6.92. The number of piperidine rings is 1. The number of rotatable bonds is 9. The van der Waals surface area contributed by atoms with E-state index in [9.17, 15) is 14.4 Å². The lowest BCUT2D eigenvalue weighted by Crippen LogP contribution is -2.44. The molecule has 3 aromatic rings. The van der Waals surface area contributed by atoms with Gasteiger partial charge in [0.25, 0.3) is 5.91 Å². The van der Waals surface area contributed by atoms with Gasteiger partial charge in [-0.25, -0.2) is 14.8 Å². The number of hydrogen-bond acceptors (Lipinski definition) is 7. The van der Waals surface area contributed by atoms with Crippen LogP contribution >= 0.6 is 0 Å². The Kier molecular flexibility index (Phi) is 10.2. The highest BCUT2D eigenvalue weighted by atomic mass is 16.6. The second-order valence-corrected chi connectivity index (χ2v) is 11.6. The molecule has 0 atom stereocenters. The zero-order chi connectivity index (χ0) is 30.1. The molecular formula is C32H40N6O4. The van der Waals surface area contributed by atoms with Crippen molar-refractivity contribution in [2.24, 2.45) is 0 Å². The van der Waals surface area contributed by atoms with Crippen LogP contribution in [0.4, 0.5) is 4.79 Å². The molecule has 0 bridgehead atoms. The van der Waals surface area contributed by atoms with Crippen molar-refractivity contribution in [3.63, 3.8) is 0 Å². The number of alkyl carbamates (subject to hydrolysis) is 1. The number of amides is 3. The first-order chi connectivity index (χ1) is 20.1. The Labute approximate surface area is 247 Å². The van der Waals surface area contributed by atoms with Crippen molar-refractivity contribution in [3.05, 3.63) is 83.9 Å². The molecule has 0 aliphatic carbocycles. The second kappa shape index (κ2) is 14.0. The Bertz CT molecular complexity index is 1350. The van der Waals surface area contributed by atoms with Gasteiger partial charge in [0.15, 0.2) is 0 Å². The van der Waals surface area contributed by atoms with Crippen molar-refractivity contribution in [1.29, 1.82) is 0 Å². The molecule has 10 nitrogen and oxygen atoms in total. The fourth-order valence-corrected chi connectivity index (χ4v) is 4.73. The first-order valence-corrected chi connectivity index (χ1v) is 14.2. The van der Waals surface area contributed by atoms with Gasteiger partial charge in [-0.3, -0.25) is 14.5 Å². The minimum Gasteiger partial charge on any atom is -0.444 e. The number of nitrogens with zero attached hydrogens (tertiary/aromatic N) is 4. The molecule has 0 radical (unpaired) electrons. The molecular weight excluding hydrogens is 532 g/mol. The van der Waals surface area contributed by atoms with Crippen LogP contribution in [0.3, 0.4) is 0 Å². The fourth-order valence-electron chi connectivity index (χ4n) is 4.73. The van der Waals surface area contributed by atoms with E-state index in [1.54, 1.807) is 40.2 Å². The molecule has 10 heteroatoms. The van der Waals surface area contributed by atoms with E-state index in [0.717, 1.165) is 49.2 Å². The second-order valence-electron chi connectivity index (χ2n) is 11.6. The van der Waals surface area contributed by atoms with Gasteiger partial charge in [-0.2, -0.15) is 0 Å². The van der Waals surface area contributed by atoms with Gasteiger partial charge in [-0.05, 0) is 56.4 Å². The van der Waals surface area contributed by atoms with Crippen LogP contribution in [0.25, 0.3) is 11.1 Å². The van der Waals surface area contributed by atoms with Crippen molar-refractivity contribution in [3.8, 4) is 11.1 Å². The number of nitrogens with one attached hydrogen (secondary N) is 2. The molecule has 1 saturated heterocycles. The number of ether oxygens (including phenoxy) is 1. The van der Waals surface area contributed by atoms with E-state index in [0.29, 0.717) is 6.54 Å². The predicted molar refractivity (Wildman–Crippen MR) is 160 cm³/mol. The highest BCUT2D eigenvalue weighted by molar-refractivity contribution is 5.90. The molecule has 2 N–H and O–H groups in total. The lowest BCUT2D eigenvalue weighted by Gasteiger charge is -2.32. The summed E-state index contributed by atoms with van der Waals surface area (Å²) in [7, 11) is 1.68. The molecule has 2 heterocycles. The molecule has 0 unspecified atom stereocenters. The van der Waals surface area contributed by atoms with Gasteiger partial charge < -0.3 is 20.3 Å². The molecule has 0 spiro atoms. The maximum absolute atomic E-state index is 12.8. The van der Waals surface area contributed by atoms with Crippen molar-refractivity contribution in [2.75, 3.05) is 26.7 Å². The zero-order valence-electron chi connectivity index (χ0n) is 24.8. The van der Waals surface area contributed by atoms with Crippen LogP contribution in [0.15, 0.2) is 67.0 Å². The van der Waals surface area contributed by atoms with Gasteiger partial charge in [0.2, 0.25) is 11.7 Å². The highest BCUT2D eigenvalue weighted by Crippen LogP contribution is 2.20. The molecule has 0 saturated carbocycles. The number of hydrogen-bond donors (Lipinski definition) is 2. The van der Waals surface area contributed by atoms with Gasteiger partial charge in [0.1, 0.15) is 12.1 Å². The van der Waals surface area contributed by atoms with E-state index in [4.69, 9.17) is 4.74 Å². The Morgan fingerprint density at radius 2 is 1.62 bits per heavy atom. The summed E-state index contributed by atoms with van der Waals surface area (Å²) in [5.74, 6) is -0.367. The van der Waals surface area contributed by atoms with Gasteiger partial charge in [-0.15, -0.1) is 0 Å². The minimum atomic E-state index is -0.633. The number of likely N-dealkylation sites (N-methyl/N-ethyl adjacent to an activating group) is 1. The summed E-state index contributed by atoms with van der Waals surface area (Å²) in [6, 6.07) is 18.2. The van der Waals surface area contributed by atoms with Crippen LogP contribution in [0.2, 0.25) is 0 Å². The van der Waals surface area contributed by atoms with Crippen molar-refractivity contribution < 1.29 is 19.1 Å². The molecule has 3 amide bonds. The molecule has 2 aromatic carbocycles. The quantitative estimate of drug-likeness (QED) is 0.398. The summed E-state index contributed by atoms with van der Waals surface area (Å²) in [5, 5.41) is 5.58. The van der Waals surface area contributed by atoms with Crippen LogP contribution < -0.4 is 10.6 Å². The zero-order valence-corrected chi connectivity index (χ0v) is 24.8. The van der Waals surface area contributed by atoms with E-state index in [2.05, 4.69) is 49.8 Å². The Balaban J connectivity index is 1.25. The van der Waals surface area contributed by atoms with Gasteiger partial charge in [0, 0.05) is 57.2 Å². The number of carbonyl (C=O) groups is 3. The Morgan fingerprint density at radius 1 is 0.952 bits per heavy atom. The molecule has 4 rings (SSSR count). The summed E-state index contributed by atoms with van der Waals surface area (Å²) < 4.78 is 5.17. The minimum absolute atomic E-state index is 0.100. The maximum Gasteiger partial charge on any atom is 0.408 e. The van der Waals surface area contributed by atoms with E-state index in [1.807, 2.05) is 30.3 Å². The maximum atomic E-state index is 12.8. The monoisotopic (exact) mass is 572 g/mol. The normalized spacial score (nSPS) is 14.2. The molecule has 1 aromatic heterocycles. The molecule has 1 aliphatic rings. The largest absolute Gasteiger partial charge is 0.444 e. The topological polar surface area (TPSA) is 117 Å². The summed E-state index contributed by atoms with van der Waals surface area (Å²) in [6.45, 7) is 8.26. The van der Waals surface area contributed by atoms with Crippen LogP contribution in [0.1, 0.15) is 55.4 Å². The first-order valence-electron chi connectivity index (χ1n) is 14.2. The first kappa shape index (κ1) is 30.6. The van der Waals surface area contributed by atoms with Crippen molar-refractivity contribution >= 4 is 17.9 Å². The lowest BCUT2D eigenvalue weighted by atomic mass is 10.0. The highest BCUT2D eigenvalue weighted by Gasteiger charge is 2.22. The molecule has 222 valence electrons. The number of aromatic nitrogens is 2. The summed E-state index contributed by atoms with van der Waals surface area (Å²) >= 11 is 0. The molecule has 1 fully saturated rings. The van der Waals surface area contributed by atoms with Crippen LogP contribution in [-0.4, -0.2) is 76.0 Å². The summed E-state index contributed by atoms with van der Waals surface area (Å²) in [6.07, 6.45) is 4.42. The van der Waals surface area contributed by atoms with Crippen molar-refractivity contribution in [2.45, 2.75) is 58.3 Å². The third kappa shape index (κ3) is 9.37. The van der Waals surface area contributed by atoms with Gasteiger partial charge in [-0.1, -0.05) is 48.5 Å². The summed E-state index contributed by atoms with van der Waals surface area (Å²) in [5.41, 5.74) is 3.21. The number of likely N-dealkylation sites (tertiary alicyclic amines) is 1. The van der Waals surface area contributed by atoms with Gasteiger partial charge >= 0.3 is 6.09 Å². The standard InChI is InChI=1S/C32H40N6O4/c1-32(2,3)42-31(41)35-20-28(39)37(4)21-24-11-8-12-25(17-24)26-18-33-29(34-19-26)30(40)36-27-13-15-38(16-14-27)22-23-9-6-5-7-10-23/h5-12,17-19,27H,13-16,20-22H2,1-4H3,(H,35,41)(H,36,40). The number of carbonyl (C=O) groups excluding carboxylic acids is 3. The van der Waals surface area contributed by atoms with Crippen LogP contribution in [0, 0.1) is 0 Å². The SMILES string of the molecule is CN(Cc1cccc(-c2cnc(C(=O)NC3CCN(Cc4ccccc4)CC3)nc2)c1)C(=O)CNC(=O)OC(C)(C)C. The fraction of sp³-hybridized carbons (Fsp3) is 0.406. The van der Waals surface area contributed by atoms with Gasteiger partial charge in [0.05, 0.1) is 0 Å². The Hall–Kier alpha value is -4.31. The van der Waals surface area contributed by atoms with E-state index in [1.165, 1.54) is 10.5 Å². The number of benzene rings is 2. The lowest BCUT2D eigenvalue weighted by molar-refractivity contribution is -0.129. The smallest absolute Gasteiger partial charge is 0.408 e. The van der Waals surface area contributed by atoms with Crippen molar-refractivity contribution in [1.82, 2.24) is 30.4 Å². The van der Waals surface area contributed by atoms with Crippen LogP contribution in [-0.2, 0) is 22.6 Å². The predicted octanol–water partition coefficient (Wildman–Crippen LogP) is 4.02. The summed E-state index contributed by atoms with van der Waals surface area (Å²) in [4.78, 5) is 49.7.